The van der Waals surface area contributed by atoms with Gasteiger partial charge in [-0.25, -0.2) is 4.39 Å². The van der Waals surface area contributed by atoms with E-state index in [1.165, 1.54) is 10.6 Å². The minimum Gasteiger partial charge on any atom is -0.353 e. The van der Waals surface area contributed by atoms with Crippen molar-refractivity contribution in [3.63, 3.8) is 0 Å². The number of halogens is 1. The van der Waals surface area contributed by atoms with Crippen LogP contribution in [0, 0.1) is 11.7 Å². The van der Waals surface area contributed by atoms with Crippen LogP contribution in [0.5, 0.6) is 0 Å². The number of benzene rings is 1. The Morgan fingerprint density at radius 3 is 2.47 bits per heavy atom. The van der Waals surface area contributed by atoms with E-state index in [1.54, 1.807) is 6.07 Å². The topological polar surface area (TPSA) is 81.1 Å². The summed E-state index contributed by atoms with van der Waals surface area (Å²) >= 11 is 1.93. The Hall–Kier alpha value is -3.00. The normalized spacial score (nSPS) is 21.2. The van der Waals surface area contributed by atoms with Gasteiger partial charge < -0.3 is 5.32 Å². The molecule has 5 rings (SSSR count). The van der Waals surface area contributed by atoms with Crippen molar-refractivity contribution in [1.29, 1.82) is 0 Å². The van der Waals surface area contributed by atoms with Gasteiger partial charge in [-0.15, -0.1) is 0 Å². The molecule has 1 amide bonds. The van der Waals surface area contributed by atoms with Gasteiger partial charge in [0.25, 0.3) is 11.1 Å². The zero-order valence-electron chi connectivity index (χ0n) is 21.7. The summed E-state index contributed by atoms with van der Waals surface area (Å²) in [6.07, 6.45) is 6.30. The zero-order valence-corrected chi connectivity index (χ0v) is 22.5. The van der Waals surface area contributed by atoms with Crippen LogP contribution in [0.2, 0.25) is 0 Å². The molecule has 1 aliphatic heterocycles. The Kier molecular flexibility index (Phi) is 8.27. The maximum atomic E-state index is 14.1. The summed E-state index contributed by atoms with van der Waals surface area (Å²) in [6.45, 7) is 1.90. The molecule has 1 atom stereocenters. The number of nitrogens with one attached hydrogen (secondary N) is 1. The molecule has 8 heteroatoms. The SMILES string of the molecule is CC(C(=O)NC1CCC(n2c(=O)c(CC3CCSCC3)cc3ncc(F)cc3c2=O)CC1)c1ccccc1. The Morgan fingerprint density at radius 2 is 1.76 bits per heavy atom. The van der Waals surface area contributed by atoms with Gasteiger partial charge in [-0.2, -0.15) is 11.8 Å². The van der Waals surface area contributed by atoms with E-state index in [-0.39, 0.29) is 34.9 Å². The Balaban J connectivity index is 1.39. The van der Waals surface area contributed by atoms with E-state index in [2.05, 4.69) is 10.3 Å². The number of carbonyl (C=O) groups is 1. The molecule has 200 valence electrons. The van der Waals surface area contributed by atoms with Crippen LogP contribution >= 0.6 is 11.8 Å². The lowest BCUT2D eigenvalue weighted by Crippen LogP contribution is -2.43. The van der Waals surface area contributed by atoms with Gasteiger partial charge in [0, 0.05) is 17.6 Å². The zero-order chi connectivity index (χ0) is 26.6. The van der Waals surface area contributed by atoms with Crippen molar-refractivity contribution in [2.45, 2.75) is 69.9 Å². The second kappa shape index (κ2) is 11.8. The fourth-order valence-electron chi connectivity index (χ4n) is 5.78. The Morgan fingerprint density at radius 1 is 1.05 bits per heavy atom. The first-order chi connectivity index (χ1) is 18.4. The number of carbonyl (C=O) groups excluding carboxylic acids is 1. The molecule has 3 aromatic rings. The lowest BCUT2D eigenvalue weighted by Gasteiger charge is -2.30. The molecule has 0 radical (unpaired) electrons. The molecule has 3 heterocycles. The van der Waals surface area contributed by atoms with Gasteiger partial charge in [-0.1, -0.05) is 30.3 Å². The molecule has 1 unspecified atom stereocenters. The van der Waals surface area contributed by atoms with Crippen LogP contribution in [0.15, 0.2) is 58.3 Å². The molecule has 6 nitrogen and oxygen atoms in total. The third-order valence-electron chi connectivity index (χ3n) is 8.09. The lowest BCUT2D eigenvalue weighted by atomic mass is 9.90. The van der Waals surface area contributed by atoms with Gasteiger partial charge in [-0.3, -0.25) is 23.9 Å². The molecule has 2 aromatic heterocycles. The quantitative estimate of drug-likeness (QED) is 0.481. The lowest BCUT2D eigenvalue weighted by molar-refractivity contribution is -0.123. The van der Waals surface area contributed by atoms with Gasteiger partial charge in [0.2, 0.25) is 5.91 Å². The monoisotopic (exact) mass is 535 g/mol. The number of hydrogen-bond acceptors (Lipinski definition) is 5. The third kappa shape index (κ3) is 5.85. The number of fused-ring (bicyclic) bond motifs is 1. The van der Waals surface area contributed by atoms with Crippen LogP contribution in [0.25, 0.3) is 10.9 Å². The van der Waals surface area contributed by atoms with Gasteiger partial charge >= 0.3 is 0 Å². The average molecular weight is 536 g/mol. The van der Waals surface area contributed by atoms with E-state index in [9.17, 15) is 18.8 Å². The van der Waals surface area contributed by atoms with Crippen LogP contribution in [0.3, 0.4) is 0 Å². The van der Waals surface area contributed by atoms with E-state index in [1.807, 2.05) is 49.0 Å². The summed E-state index contributed by atoms with van der Waals surface area (Å²) in [5, 5.41) is 3.30. The Bertz CT molecular complexity index is 1410. The van der Waals surface area contributed by atoms with Crippen LogP contribution in [-0.2, 0) is 11.2 Å². The standard InChI is InChI=1S/C30H34FN3O3S/c1-19(21-5-3-2-4-6-21)28(35)33-24-7-9-25(10-8-24)34-29(36)22(15-20-11-13-38-14-12-20)16-27-26(30(34)37)17-23(31)18-32-27/h2-6,16-20,24-25H,7-15H2,1H3,(H,33,35). The molecule has 1 saturated heterocycles. The molecule has 0 bridgehead atoms. The van der Waals surface area contributed by atoms with Crippen LogP contribution < -0.4 is 16.4 Å². The second-order valence-electron chi connectivity index (χ2n) is 10.6. The fourth-order valence-corrected chi connectivity index (χ4v) is 6.98. The van der Waals surface area contributed by atoms with E-state index in [0.717, 1.165) is 36.1 Å². The molecule has 1 N–H and O–H groups in total. The molecular formula is C30H34FN3O3S. The van der Waals surface area contributed by atoms with E-state index in [0.29, 0.717) is 49.1 Å². The largest absolute Gasteiger partial charge is 0.353 e. The van der Waals surface area contributed by atoms with Crippen LogP contribution in [0.4, 0.5) is 4.39 Å². The van der Waals surface area contributed by atoms with E-state index < -0.39 is 11.4 Å². The van der Waals surface area contributed by atoms with Gasteiger partial charge in [0.1, 0.15) is 5.82 Å². The van der Waals surface area contributed by atoms with Gasteiger partial charge in [0.15, 0.2) is 0 Å². The van der Waals surface area contributed by atoms with Gasteiger partial charge in [-0.05, 0) is 87.0 Å². The summed E-state index contributed by atoms with van der Waals surface area (Å²) in [6, 6.07) is 12.3. The first kappa shape index (κ1) is 26.6. The highest BCUT2D eigenvalue weighted by molar-refractivity contribution is 7.99. The highest BCUT2D eigenvalue weighted by Gasteiger charge is 2.28. The Labute approximate surface area is 226 Å². The predicted octanol–water partition coefficient (Wildman–Crippen LogP) is 4.99. The smallest absolute Gasteiger partial charge is 0.263 e. The van der Waals surface area contributed by atoms with E-state index >= 15 is 0 Å². The van der Waals surface area contributed by atoms with Crippen molar-refractivity contribution < 1.29 is 9.18 Å². The first-order valence-electron chi connectivity index (χ1n) is 13.6. The summed E-state index contributed by atoms with van der Waals surface area (Å²) in [7, 11) is 0. The maximum Gasteiger partial charge on any atom is 0.263 e. The van der Waals surface area contributed by atoms with Crippen molar-refractivity contribution in [3.8, 4) is 0 Å². The first-order valence-corrected chi connectivity index (χ1v) is 14.7. The van der Waals surface area contributed by atoms with E-state index in [4.69, 9.17) is 0 Å². The number of hydrogen-bond donors (Lipinski definition) is 1. The van der Waals surface area contributed by atoms with Crippen molar-refractivity contribution >= 4 is 28.6 Å². The molecule has 1 aromatic carbocycles. The minimum atomic E-state index is -0.593. The number of amides is 1. The number of thioether (sulfide) groups is 1. The molecule has 1 saturated carbocycles. The molecule has 2 aliphatic rings. The van der Waals surface area contributed by atoms with Crippen molar-refractivity contribution in [3.05, 3.63) is 86.3 Å². The summed E-state index contributed by atoms with van der Waals surface area (Å²) in [5.74, 6) is 1.67. The van der Waals surface area contributed by atoms with Crippen molar-refractivity contribution in [2.75, 3.05) is 11.5 Å². The molecule has 1 aliphatic carbocycles. The molecular weight excluding hydrogens is 501 g/mol. The predicted molar refractivity (Wildman–Crippen MR) is 150 cm³/mol. The number of pyridine rings is 1. The summed E-state index contributed by atoms with van der Waals surface area (Å²) in [5.41, 5.74) is 1.16. The minimum absolute atomic E-state index is 0.0109. The highest BCUT2D eigenvalue weighted by Crippen LogP contribution is 2.29. The van der Waals surface area contributed by atoms with Crippen LogP contribution in [0.1, 0.15) is 68.5 Å². The van der Waals surface area contributed by atoms with Crippen LogP contribution in [-0.4, -0.2) is 33.0 Å². The molecule has 38 heavy (non-hydrogen) atoms. The van der Waals surface area contributed by atoms with Gasteiger partial charge in [0.05, 0.1) is 23.0 Å². The van der Waals surface area contributed by atoms with Crippen molar-refractivity contribution in [1.82, 2.24) is 14.9 Å². The highest BCUT2D eigenvalue weighted by atomic mass is 32.2. The van der Waals surface area contributed by atoms with Crippen molar-refractivity contribution in [2.24, 2.45) is 5.92 Å². The fraction of sp³-hybridized carbons (Fsp3) is 0.467. The summed E-state index contributed by atoms with van der Waals surface area (Å²) < 4.78 is 15.5. The molecule has 2 fully saturated rings. The maximum absolute atomic E-state index is 14.1. The second-order valence-corrected chi connectivity index (χ2v) is 11.9. The molecule has 0 spiro atoms. The average Bonchev–Trinajstić information content (AvgIpc) is 3.04. The number of rotatable bonds is 6. The third-order valence-corrected chi connectivity index (χ3v) is 9.14. The number of aromatic nitrogens is 2. The number of nitrogens with zero attached hydrogens (tertiary/aromatic N) is 2. The summed E-state index contributed by atoms with van der Waals surface area (Å²) in [4.78, 5) is 44.5.